The van der Waals surface area contributed by atoms with E-state index in [0.29, 0.717) is 15.9 Å². The van der Waals surface area contributed by atoms with E-state index in [1.807, 2.05) is 6.07 Å². The highest BCUT2D eigenvalue weighted by Crippen LogP contribution is 2.24. The second kappa shape index (κ2) is 5.78. The summed E-state index contributed by atoms with van der Waals surface area (Å²) in [5.41, 5.74) is 0.475. The van der Waals surface area contributed by atoms with Crippen LogP contribution in [-0.2, 0) is 23.5 Å². The number of aryl methyl sites for hydroxylation is 1. The minimum absolute atomic E-state index is 0.341. The molecule has 0 aliphatic heterocycles. The SMILES string of the molecule is Cn1cc(NS(=O)(=O)c2ccc(CCNC3CC3)s2)cn1. The molecule has 0 spiro atoms. The Hall–Kier alpha value is -1.38. The molecular weight excluding hydrogens is 308 g/mol. The summed E-state index contributed by atoms with van der Waals surface area (Å²) in [5.74, 6) is 0. The van der Waals surface area contributed by atoms with Gasteiger partial charge in [0.25, 0.3) is 10.0 Å². The van der Waals surface area contributed by atoms with E-state index >= 15 is 0 Å². The number of hydrogen-bond donors (Lipinski definition) is 2. The molecule has 6 nitrogen and oxygen atoms in total. The molecule has 0 unspecified atom stereocenters. The minimum Gasteiger partial charge on any atom is -0.314 e. The van der Waals surface area contributed by atoms with Crippen molar-refractivity contribution in [2.45, 2.75) is 29.5 Å². The predicted octanol–water partition coefficient (Wildman–Crippen LogP) is 1.58. The Morgan fingerprint density at radius 2 is 2.24 bits per heavy atom. The van der Waals surface area contributed by atoms with Crippen LogP contribution in [-0.4, -0.2) is 30.8 Å². The number of nitrogens with one attached hydrogen (secondary N) is 2. The molecule has 2 aromatic heterocycles. The first-order chi connectivity index (χ1) is 10.0. The zero-order valence-corrected chi connectivity index (χ0v) is 13.4. The first-order valence-electron chi connectivity index (χ1n) is 6.86. The summed E-state index contributed by atoms with van der Waals surface area (Å²) in [7, 11) is -1.77. The van der Waals surface area contributed by atoms with Gasteiger partial charge in [0.1, 0.15) is 4.21 Å². The van der Waals surface area contributed by atoms with E-state index in [-0.39, 0.29) is 0 Å². The molecule has 0 bridgehead atoms. The number of sulfonamides is 1. The van der Waals surface area contributed by atoms with E-state index in [1.165, 1.54) is 30.4 Å². The largest absolute Gasteiger partial charge is 0.314 e. The zero-order chi connectivity index (χ0) is 14.9. The number of rotatable bonds is 7. The van der Waals surface area contributed by atoms with Gasteiger partial charge in [-0.15, -0.1) is 11.3 Å². The molecular formula is C13H18N4O2S2. The summed E-state index contributed by atoms with van der Waals surface area (Å²) in [5, 5.41) is 7.37. The van der Waals surface area contributed by atoms with Crippen molar-refractivity contribution in [3.05, 3.63) is 29.4 Å². The summed E-state index contributed by atoms with van der Waals surface area (Å²) in [4.78, 5) is 1.08. The Bertz CT molecular complexity index is 716. The highest BCUT2D eigenvalue weighted by atomic mass is 32.2. The van der Waals surface area contributed by atoms with Crippen LogP contribution in [0, 0.1) is 0 Å². The van der Waals surface area contributed by atoms with E-state index in [2.05, 4.69) is 15.1 Å². The van der Waals surface area contributed by atoms with Gasteiger partial charge in [0.05, 0.1) is 11.9 Å². The van der Waals surface area contributed by atoms with Crippen molar-refractivity contribution in [1.82, 2.24) is 15.1 Å². The van der Waals surface area contributed by atoms with Gasteiger partial charge in [-0.25, -0.2) is 8.42 Å². The quantitative estimate of drug-likeness (QED) is 0.810. The first-order valence-corrected chi connectivity index (χ1v) is 9.16. The lowest BCUT2D eigenvalue weighted by atomic mass is 10.3. The third-order valence-electron chi connectivity index (χ3n) is 3.24. The normalized spacial score (nSPS) is 15.3. The number of anilines is 1. The Kier molecular flexibility index (Phi) is 4.01. The fourth-order valence-electron chi connectivity index (χ4n) is 2.00. The lowest BCUT2D eigenvalue weighted by Gasteiger charge is -2.03. The van der Waals surface area contributed by atoms with Crippen molar-refractivity contribution in [2.75, 3.05) is 11.3 Å². The molecule has 0 radical (unpaired) electrons. The smallest absolute Gasteiger partial charge is 0.271 e. The Morgan fingerprint density at radius 1 is 1.43 bits per heavy atom. The summed E-state index contributed by atoms with van der Waals surface area (Å²) in [6, 6.07) is 4.23. The molecule has 1 fully saturated rings. The molecule has 0 aromatic carbocycles. The van der Waals surface area contributed by atoms with E-state index in [0.717, 1.165) is 17.8 Å². The van der Waals surface area contributed by atoms with Crippen LogP contribution < -0.4 is 10.0 Å². The number of thiophene rings is 1. The van der Waals surface area contributed by atoms with E-state index in [9.17, 15) is 8.42 Å². The van der Waals surface area contributed by atoms with Gasteiger partial charge < -0.3 is 5.32 Å². The molecule has 0 saturated heterocycles. The lowest BCUT2D eigenvalue weighted by Crippen LogP contribution is -2.18. The summed E-state index contributed by atoms with van der Waals surface area (Å²) < 4.78 is 29.0. The molecule has 0 amide bonds. The van der Waals surface area contributed by atoms with Crippen LogP contribution in [0.4, 0.5) is 5.69 Å². The molecule has 1 saturated carbocycles. The predicted molar refractivity (Wildman–Crippen MR) is 83.1 cm³/mol. The Labute approximate surface area is 128 Å². The van der Waals surface area contributed by atoms with Gasteiger partial charge in [0.15, 0.2) is 0 Å². The molecule has 2 N–H and O–H groups in total. The van der Waals surface area contributed by atoms with Crippen LogP contribution in [0.5, 0.6) is 0 Å². The van der Waals surface area contributed by atoms with E-state index in [1.54, 1.807) is 24.0 Å². The molecule has 3 rings (SSSR count). The minimum atomic E-state index is -3.51. The standard InChI is InChI=1S/C13H18N4O2S2/c1-17-9-11(8-15-17)16-21(18,19)13-5-4-12(20-13)6-7-14-10-2-3-10/h4-5,8-10,14,16H,2-3,6-7H2,1H3. The van der Waals surface area contributed by atoms with Crippen molar-refractivity contribution in [3.8, 4) is 0 Å². The zero-order valence-electron chi connectivity index (χ0n) is 11.7. The van der Waals surface area contributed by atoms with Crippen molar-refractivity contribution in [2.24, 2.45) is 7.05 Å². The molecule has 2 aromatic rings. The number of nitrogens with zero attached hydrogens (tertiary/aromatic N) is 2. The maximum Gasteiger partial charge on any atom is 0.271 e. The highest BCUT2D eigenvalue weighted by Gasteiger charge is 2.20. The second-order valence-electron chi connectivity index (χ2n) is 5.21. The van der Waals surface area contributed by atoms with Crippen LogP contribution in [0.25, 0.3) is 0 Å². The van der Waals surface area contributed by atoms with Gasteiger partial charge in [-0.1, -0.05) is 0 Å². The highest BCUT2D eigenvalue weighted by molar-refractivity contribution is 7.94. The van der Waals surface area contributed by atoms with Gasteiger partial charge in [-0.3, -0.25) is 9.40 Å². The van der Waals surface area contributed by atoms with Gasteiger partial charge in [-0.2, -0.15) is 5.10 Å². The average molecular weight is 326 g/mol. The Morgan fingerprint density at radius 3 is 2.90 bits per heavy atom. The van der Waals surface area contributed by atoms with Gasteiger partial charge in [-0.05, 0) is 31.4 Å². The van der Waals surface area contributed by atoms with Crippen molar-refractivity contribution in [3.63, 3.8) is 0 Å². The molecule has 0 atom stereocenters. The molecule has 1 aliphatic rings. The van der Waals surface area contributed by atoms with Gasteiger partial charge >= 0.3 is 0 Å². The third-order valence-corrected chi connectivity index (χ3v) is 6.26. The maximum absolute atomic E-state index is 12.3. The van der Waals surface area contributed by atoms with Crippen LogP contribution in [0.1, 0.15) is 17.7 Å². The van der Waals surface area contributed by atoms with Crippen LogP contribution in [0.2, 0.25) is 0 Å². The fraction of sp³-hybridized carbons (Fsp3) is 0.462. The summed E-state index contributed by atoms with van der Waals surface area (Å²) >= 11 is 1.32. The summed E-state index contributed by atoms with van der Waals surface area (Å²) in [6.07, 6.45) is 6.51. The molecule has 2 heterocycles. The van der Waals surface area contributed by atoms with Gasteiger partial charge in [0, 0.05) is 30.7 Å². The molecule has 21 heavy (non-hydrogen) atoms. The monoisotopic (exact) mass is 326 g/mol. The van der Waals surface area contributed by atoms with E-state index in [4.69, 9.17) is 0 Å². The molecule has 8 heteroatoms. The molecule has 114 valence electrons. The lowest BCUT2D eigenvalue weighted by molar-refractivity contribution is 0.603. The first kappa shape index (κ1) is 14.6. The van der Waals surface area contributed by atoms with Crippen LogP contribution in [0.3, 0.4) is 0 Å². The second-order valence-corrected chi connectivity index (χ2v) is 8.28. The van der Waals surface area contributed by atoms with Crippen molar-refractivity contribution < 1.29 is 8.42 Å². The molecule has 1 aliphatic carbocycles. The third kappa shape index (κ3) is 3.84. The number of hydrogen-bond acceptors (Lipinski definition) is 5. The average Bonchev–Trinajstić information content (AvgIpc) is 2.94. The maximum atomic E-state index is 12.3. The van der Waals surface area contributed by atoms with E-state index < -0.39 is 10.0 Å². The van der Waals surface area contributed by atoms with Crippen LogP contribution in [0.15, 0.2) is 28.7 Å². The van der Waals surface area contributed by atoms with Crippen LogP contribution >= 0.6 is 11.3 Å². The fourth-order valence-corrected chi connectivity index (χ4v) is 4.39. The van der Waals surface area contributed by atoms with Crippen molar-refractivity contribution in [1.29, 1.82) is 0 Å². The van der Waals surface area contributed by atoms with Crippen molar-refractivity contribution >= 4 is 27.0 Å². The summed E-state index contributed by atoms with van der Waals surface area (Å²) in [6.45, 7) is 0.903. The number of aromatic nitrogens is 2. The van der Waals surface area contributed by atoms with Gasteiger partial charge in [0.2, 0.25) is 0 Å². The topological polar surface area (TPSA) is 76.0 Å². The Balaban J connectivity index is 1.62.